The number of hydrogen-bond donors (Lipinski definition) is 3. The summed E-state index contributed by atoms with van der Waals surface area (Å²) in [5, 5.41) is 3.16. The van der Waals surface area contributed by atoms with Crippen LogP contribution in [-0.4, -0.2) is 41.7 Å². The van der Waals surface area contributed by atoms with Gasteiger partial charge in [0.25, 0.3) is 5.91 Å². The molecule has 0 bridgehead atoms. The molecule has 2 aliphatic rings. The predicted octanol–water partition coefficient (Wildman–Crippen LogP) is 4.90. The number of nitrogens with zero attached hydrogens (tertiary/aromatic N) is 1. The molecule has 0 aliphatic heterocycles. The molecule has 4 N–H and O–H groups in total. The zero-order chi connectivity index (χ0) is 23.8. The largest absolute Gasteiger partial charge is 0.494 e. The molecule has 2 aromatic heterocycles. The SMILES string of the molecule is COc1cc(-c2ccnc3c(C(=O)N[C@H]4CC[C@@H](N)CC4)c(C)[nH]c23)c(OCC2CC2)cc1F.Cl. The monoisotopic (exact) mass is 502 g/mol. The third-order valence-electron chi connectivity index (χ3n) is 6.93. The van der Waals surface area contributed by atoms with Crippen LogP contribution in [0.5, 0.6) is 11.5 Å². The van der Waals surface area contributed by atoms with E-state index in [-0.39, 0.29) is 36.1 Å². The Bertz CT molecular complexity index is 1220. The van der Waals surface area contributed by atoms with Gasteiger partial charge in [-0.15, -0.1) is 12.4 Å². The number of nitrogens with two attached hydrogens (primary N) is 1. The first-order valence-corrected chi connectivity index (χ1v) is 12.0. The molecule has 5 rings (SSSR count). The van der Waals surface area contributed by atoms with Crippen LogP contribution in [0.25, 0.3) is 22.2 Å². The van der Waals surface area contributed by atoms with Crippen molar-refractivity contribution < 1.29 is 18.7 Å². The lowest BCUT2D eigenvalue weighted by Gasteiger charge is -2.26. The summed E-state index contributed by atoms with van der Waals surface area (Å²) in [6.07, 6.45) is 7.52. The summed E-state index contributed by atoms with van der Waals surface area (Å²) in [7, 11) is 1.44. The third kappa shape index (κ3) is 5.23. The van der Waals surface area contributed by atoms with Gasteiger partial charge < -0.3 is 25.5 Å². The molecule has 7 nitrogen and oxygen atoms in total. The Balaban J connectivity index is 0.00000289. The maximum Gasteiger partial charge on any atom is 0.255 e. The van der Waals surface area contributed by atoms with Crippen LogP contribution < -0.4 is 20.5 Å². The van der Waals surface area contributed by atoms with E-state index in [0.717, 1.165) is 49.8 Å². The molecule has 9 heteroatoms. The summed E-state index contributed by atoms with van der Waals surface area (Å²) < 4.78 is 25.8. The van der Waals surface area contributed by atoms with Crippen molar-refractivity contribution in [1.29, 1.82) is 0 Å². The molecular weight excluding hydrogens is 471 g/mol. The summed E-state index contributed by atoms with van der Waals surface area (Å²) >= 11 is 0. The molecule has 0 unspecified atom stereocenters. The highest BCUT2D eigenvalue weighted by Gasteiger charge is 2.26. The second-order valence-electron chi connectivity index (χ2n) is 9.53. The van der Waals surface area contributed by atoms with Crippen LogP contribution in [0.2, 0.25) is 0 Å². The number of rotatable bonds is 7. The fourth-order valence-corrected chi connectivity index (χ4v) is 4.74. The van der Waals surface area contributed by atoms with Gasteiger partial charge in [-0.25, -0.2) is 4.39 Å². The van der Waals surface area contributed by atoms with Gasteiger partial charge in [-0.2, -0.15) is 0 Å². The molecule has 1 amide bonds. The van der Waals surface area contributed by atoms with E-state index >= 15 is 0 Å². The Morgan fingerprint density at radius 2 is 1.91 bits per heavy atom. The Kier molecular flexibility index (Phi) is 7.52. The number of H-pyrrole nitrogens is 1. The van der Waals surface area contributed by atoms with E-state index in [1.807, 2.05) is 13.0 Å². The first-order valence-electron chi connectivity index (χ1n) is 12.0. The minimum Gasteiger partial charge on any atom is -0.494 e. The van der Waals surface area contributed by atoms with Crippen molar-refractivity contribution in [2.45, 2.75) is 57.5 Å². The van der Waals surface area contributed by atoms with E-state index in [4.69, 9.17) is 15.2 Å². The summed E-state index contributed by atoms with van der Waals surface area (Å²) in [4.78, 5) is 21.1. The number of pyridine rings is 1. The Morgan fingerprint density at radius 1 is 1.17 bits per heavy atom. The maximum absolute atomic E-state index is 14.5. The minimum atomic E-state index is -0.475. The van der Waals surface area contributed by atoms with Crippen LogP contribution in [0.1, 0.15) is 54.6 Å². The minimum absolute atomic E-state index is 0. The number of methoxy groups -OCH3 is 1. The summed E-state index contributed by atoms with van der Waals surface area (Å²) in [6.45, 7) is 2.42. The quantitative estimate of drug-likeness (QED) is 0.426. The molecule has 3 aromatic rings. The highest BCUT2D eigenvalue weighted by molar-refractivity contribution is 6.09. The number of nitrogens with one attached hydrogen (secondary N) is 2. The second kappa shape index (κ2) is 10.4. The molecule has 2 aliphatic carbocycles. The van der Waals surface area contributed by atoms with Gasteiger partial charge in [-0.05, 0) is 63.5 Å². The van der Waals surface area contributed by atoms with E-state index in [0.29, 0.717) is 40.4 Å². The number of carbonyl (C=O) groups excluding carboxylic acids is 1. The highest BCUT2D eigenvalue weighted by Crippen LogP contribution is 2.40. The maximum atomic E-state index is 14.5. The smallest absolute Gasteiger partial charge is 0.255 e. The third-order valence-corrected chi connectivity index (χ3v) is 6.93. The molecule has 188 valence electrons. The first kappa shape index (κ1) is 25.3. The second-order valence-corrected chi connectivity index (χ2v) is 9.53. The van der Waals surface area contributed by atoms with Crippen molar-refractivity contribution in [3.63, 3.8) is 0 Å². The van der Waals surface area contributed by atoms with Crippen molar-refractivity contribution in [3.05, 3.63) is 41.5 Å². The lowest BCUT2D eigenvalue weighted by molar-refractivity contribution is 0.0927. The Morgan fingerprint density at radius 3 is 2.60 bits per heavy atom. The normalized spacial score (nSPS) is 19.8. The van der Waals surface area contributed by atoms with Crippen LogP contribution in [0, 0.1) is 18.7 Å². The van der Waals surface area contributed by atoms with Crippen LogP contribution in [0.3, 0.4) is 0 Å². The fourth-order valence-electron chi connectivity index (χ4n) is 4.74. The average Bonchev–Trinajstić information content (AvgIpc) is 3.59. The zero-order valence-corrected chi connectivity index (χ0v) is 20.8. The van der Waals surface area contributed by atoms with Crippen LogP contribution in [-0.2, 0) is 0 Å². The van der Waals surface area contributed by atoms with Gasteiger partial charge in [0.1, 0.15) is 11.3 Å². The average molecular weight is 503 g/mol. The molecule has 35 heavy (non-hydrogen) atoms. The molecular formula is C26H32ClFN4O3. The standard InChI is InChI=1S/C26H31FN4O3.ClH/c1-14-23(26(32)31-17-7-5-16(28)6-8-17)25-24(30-14)18(9-10-29-25)19-11-22(33-2)20(27)12-21(19)34-13-15-3-4-15;/h9-12,15-17,30H,3-8,13,28H2,1-2H3,(H,31,32);1H/t16-,17+;. The molecule has 0 saturated heterocycles. The van der Waals surface area contributed by atoms with Crippen molar-refractivity contribution in [3.8, 4) is 22.6 Å². The molecule has 1 aromatic carbocycles. The lowest BCUT2D eigenvalue weighted by Crippen LogP contribution is -2.40. The fraction of sp³-hybridized carbons (Fsp3) is 0.462. The molecule has 2 saturated carbocycles. The number of halogens is 2. The van der Waals surface area contributed by atoms with E-state index in [1.165, 1.54) is 13.2 Å². The topological polar surface area (TPSA) is 102 Å². The van der Waals surface area contributed by atoms with Crippen molar-refractivity contribution >= 4 is 29.3 Å². The Labute approximate surface area is 210 Å². The van der Waals surface area contributed by atoms with Crippen LogP contribution >= 0.6 is 12.4 Å². The van der Waals surface area contributed by atoms with Gasteiger partial charge in [-0.3, -0.25) is 9.78 Å². The van der Waals surface area contributed by atoms with Gasteiger partial charge in [0.2, 0.25) is 0 Å². The number of carbonyl (C=O) groups is 1. The molecule has 2 fully saturated rings. The summed E-state index contributed by atoms with van der Waals surface area (Å²) in [5.74, 6) is 0.492. The number of aromatic amines is 1. The number of benzene rings is 1. The molecule has 0 radical (unpaired) electrons. The van der Waals surface area contributed by atoms with E-state index in [2.05, 4.69) is 15.3 Å². The number of amides is 1. The number of aromatic nitrogens is 2. The Hall–Kier alpha value is -2.84. The van der Waals surface area contributed by atoms with Crippen molar-refractivity contribution in [2.24, 2.45) is 11.7 Å². The molecule has 0 atom stereocenters. The van der Waals surface area contributed by atoms with Crippen LogP contribution in [0.15, 0.2) is 24.4 Å². The number of aryl methyl sites for hydroxylation is 1. The van der Waals surface area contributed by atoms with E-state index in [9.17, 15) is 9.18 Å². The van der Waals surface area contributed by atoms with Gasteiger partial charge >= 0.3 is 0 Å². The summed E-state index contributed by atoms with van der Waals surface area (Å²) in [6, 6.07) is 5.20. The zero-order valence-electron chi connectivity index (χ0n) is 20.0. The highest BCUT2D eigenvalue weighted by atomic mass is 35.5. The first-order chi connectivity index (χ1) is 16.4. The van der Waals surface area contributed by atoms with Crippen molar-refractivity contribution in [2.75, 3.05) is 13.7 Å². The van der Waals surface area contributed by atoms with Gasteiger partial charge in [0.05, 0.1) is 24.8 Å². The molecule has 2 heterocycles. The van der Waals surface area contributed by atoms with Crippen LogP contribution in [0.4, 0.5) is 4.39 Å². The predicted molar refractivity (Wildman–Crippen MR) is 136 cm³/mol. The molecule has 0 spiro atoms. The number of hydrogen-bond acceptors (Lipinski definition) is 5. The number of ether oxygens (including phenoxy) is 2. The van der Waals surface area contributed by atoms with E-state index in [1.54, 1.807) is 12.3 Å². The van der Waals surface area contributed by atoms with Gasteiger partial charge in [0.15, 0.2) is 11.6 Å². The van der Waals surface area contributed by atoms with Gasteiger partial charge in [0, 0.05) is 41.2 Å². The van der Waals surface area contributed by atoms with Gasteiger partial charge in [-0.1, -0.05) is 0 Å². The summed E-state index contributed by atoms with van der Waals surface area (Å²) in [5.41, 5.74) is 10.0. The number of fused-ring (bicyclic) bond motifs is 1. The van der Waals surface area contributed by atoms with Crippen molar-refractivity contribution in [1.82, 2.24) is 15.3 Å². The van der Waals surface area contributed by atoms with E-state index < -0.39 is 5.82 Å². The lowest BCUT2D eigenvalue weighted by atomic mass is 9.91.